The third kappa shape index (κ3) is 5.30. The molecule has 0 bridgehead atoms. The molecule has 0 aliphatic rings. The fraction of sp³-hybridized carbons (Fsp3) is 0.429. The van der Waals surface area contributed by atoms with Crippen LogP contribution in [0.15, 0.2) is 24.3 Å². The van der Waals surface area contributed by atoms with Gasteiger partial charge in [-0.15, -0.1) is 0 Å². The molecule has 0 fully saturated rings. The van der Waals surface area contributed by atoms with Crippen LogP contribution >= 0.6 is 11.6 Å². The maximum absolute atomic E-state index is 11.2. The van der Waals surface area contributed by atoms with Crippen LogP contribution < -0.4 is 0 Å². The van der Waals surface area contributed by atoms with Crippen LogP contribution in [0.2, 0.25) is 5.02 Å². The predicted octanol–water partition coefficient (Wildman–Crippen LogP) is 3.14. The lowest BCUT2D eigenvalue weighted by atomic mass is 9.98. The molecular weight excluding hydrogens is 268 g/mol. The lowest BCUT2D eigenvalue weighted by Crippen LogP contribution is -2.21. The number of halogens is 1. The van der Waals surface area contributed by atoms with Crippen molar-refractivity contribution in [2.75, 3.05) is 6.61 Å². The SMILES string of the molecule is CC(=O)OC[C@H](C)[C@@H](OC(C)=O)c1ccc(Cl)cc1. The average molecular weight is 285 g/mol. The summed E-state index contributed by atoms with van der Waals surface area (Å²) in [4.78, 5) is 22.0. The van der Waals surface area contributed by atoms with Crippen LogP contribution in [0.4, 0.5) is 0 Å². The molecule has 1 aromatic carbocycles. The summed E-state index contributed by atoms with van der Waals surface area (Å²) in [6, 6.07) is 7.04. The van der Waals surface area contributed by atoms with Crippen LogP contribution in [0, 0.1) is 5.92 Å². The summed E-state index contributed by atoms with van der Waals surface area (Å²) in [5, 5.41) is 0.609. The number of benzene rings is 1. The first-order valence-corrected chi connectivity index (χ1v) is 6.34. The van der Waals surface area contributed by atoms with Crippen molar-refractivity contribution in [1.82, 2.24) is 0 Å². The van der Waals surface area contributed by atoms with Gasteiger partial charge in [0, 0.05) is 24.8 Å². The fourth-order valence-corrected chi connectivity index (χ4v) is 1.81. The van der Waals surface area contributed by atoms with Crippen LogP contribution in [-0.2, 0) is 19.1 Å². The van der Waals surface area contributed by atoms with Gasteiger partial charge in [-0.2, -0.15) is 0 Å². The summed E-state index contributed by atoms with van der Waals surface area (Å²) in [6.07, 6.45) is -0.464. The molecule has 0 aliphatic carbocycles. The highest BCUT2D eigenvalue weighted by atomic mass is 35.5. The van der Waals surface area contributed by atoms with Crippen LogP contribution in [0.25, 0.3) is 0 Å². The summed E-state index contributed by atoms with van der Waals surface area (Å²) >= 11 is 5.83. The van der Waals surface area contributed by atoms with Gasteiger partial charge in [0.1, 0.15) is 6.10 Å². The van der Waals surface area contributed by atoms with E-state index >= 15 is 0 Å². The molecule has 0 heterocycles. The number of hydrogen-bond donors (Lipinski definition) is 0. The maximum atomic E-state index is 11.2. The molecule has 0 unspecified atom stereocenters. The van der Waals surface area contributed by atoms with Gasteiger partial charge in [0.05, 0.1) is 6.61 Å². The third-order valence-electron chi connectivity index (χ3n) is 2.56. The number of esters is 2. The van der Waals surface area contributed by atoms with E-state index in [1.54, 1.807) is 24.3 Å². The molecule has 0 aliphatic heterocycles. The van der Waals surface area contributed by atoms with Crippen LogP contribution in [0.3, 0.4) is 0 Å². The molecule has 0 aromatic heterocycles. The second-order valence-corrected chi connectivity index (χ2v) is 4.80. The first kappa shape index (κ1) is 15.5. The molecule has 1 rings (SSSR count). The van der Waals surface area contributed by atoms with Crippen LogP contribution in [0.5, 0.6) is 0 Å². The molecule has 0 saturated carbocycles. The Morgan fingerprint density at radius 2 is 1.74 bits per heavy atom. The average Bonchev–Trinajstić information content (AvgIpc) is 2.34. The van der Waals surface area contributed by atoms with Gasteiger partial charge in [-0.25, -0.2) is 0 Å². The van der Waals surface area contributed by atoms with Gasteiger partial charge in [0.25, 0.3) is 0 Å². The van der Waals surface area contributed by atoms with E-state index < -0.39 is 6.10 Å². The smallest absolute Gasteiger partial charge is 0.303 e. The zero-order chi connectivity index (χ0) is 14.4. The summed E-state index contributed by atoms with van der Waals surface area (Å²) in [5.74, 6) is -0.881. The Bertz CT molecular complexity index is 441. The molecule has 19 heavy (non-hydrogen) atoms. The van der Waals surface area contributed by atoms with Crippen molar-refractivity contribution in [3.63, 3.8) is 0 Å². The Morgan fingerprint density at radius 1 is 1.16 bits per heavy atom. The molecule has 4 nitrogen and oxygen atoms in total. The van der Waals surface area contributed by atoms with Crippen molar-refractivity contribution in [1.29, 1.82) is 0 Å². The van der Waals surface area contributed by atoms with Gasteiger partial charge < -0.3 is 9.47 Å². The van der Waals surface area contributed by atoms with E-state index in [4.69, 9.17) is 21.1 Å². The van der Waals surface area contributed by atoms with Crippen molar-refractivity contribution in [3.8, 4) is 0 Å². The Kier molecular flexibility index (Phi) is 5.83. The van der Waals surface area contributed by atoms with E-state index in [1.807, 2.05) is 6.92 Å². The van der Waals surface area contributed by atoms with E-state index in [1.165, 1.54) is 13.8 Å². The minimum absolute atomic E-state index is 0.144. The summed E-state index contributed by atoms with van der Waals surface area (Å²) in [7, 11) is 0. The van der Waals surface area contributed by atoms with Gasteiger partial charge in [-0.1, -0.05) is 30.7 Å². The zero-order valence-electron chi connectivity index (χ0n) is 11.2. The topological polar surface area (TPSA) is 52.6 Å². The third-order valence-corrected chi connectivity index (χ3v) is 2.81. The van der Waals surface area contributed by atoms with Gasteiger partial charge >= 0.3 is 11.9 Å². The quantitative estimate of drug-likeness (QED) is 0.780. The standard InChI is InChI=1S/C14H17ClO4/c1-9(8-18-10(2)16)14(19-11(3)17)12-4-6-13(15)7-5-12/h4-7,9,14H,8H2,1-3H3/t9-,14+/m0/s1. The van der Waals surface area contributed by atoms with E-state index in [0.717, 1.165) is 5.56 Å². The lowest BCUT2D eigenvalue weighted by Gasteiger charge is -2.23. The van der Waals surface area contributed by atoms with E-state index in [9.17, 15) is 9.59 Å². The zero-order valence-corrected chi connectivity index (χ0v) is 11.9. The molecule has 1 aromatic rings. The van der Waals surface area contributed by atoms with Crippen LogP contribution in [-0.4, -0.2) is 18.5 Å². The highest BCUT2D eigenvalue weighted by Gasteiger charge is 2.23. The fourth-order valence-electron chi connectivity index (χ4n) is 1.68. The first-order chi connectivity index (χ1) is 8.90. The van der Waals surface area contributed by atoms with Crippen molar-refractivity contribution >= 4 is 23.5 Å². The van der Waals surface area contributed by atoms with Gasteiger partial charge in [0.2, 0.25) is 0 Å². The van der Waals surface area contributed by atoms with Gasteiger partial charge in [-0.05, 0) is 17.7 Å². The molecule has 0 N–H and O–H groups in total. The minimum Gasteiger partial charge on any atom is -0.465 e. The minimum atomic E-state index is -0.464. The number of rotatable bonds is 5. The number of ether oxygens (including phenoxy) is 2. The molecule has 0 amide bonds. The lowest BCUT2D eigenvalue weighted by molar-refractivity contribution is -0.152. The maximum Gasteiger partial charge on any atom is 0.303 e. The Hall–Kier alpha value is -1.55. The molecule has 5 heteroatoms. The first-order valence-electron chi connectivity index (χ1n) is 5.96. The molecule has 0 spiro atoms. The summed E-state index contributed by atoms with van der Waals surface area (Å²) < 4.78 is 10.3. The second-order valence-electron chi connectivity index (χ2n) is 4.36. The summed E-state index contributed by atoms with van der Waals surface area (Å²) in [6.45, 7) is 4.73. The number of hydrogen-bond acceptors (Lipinski definition) is 4. The van der Waals surface area contributed by atoms with Gasteiger partial charge in [0.15, 0.2) is 0 Å². The second kappa shape index (κ2) is 7.14. The number of carbonyl (C=O) groups excluding carboxylic acids is 2. The highest BCUT2D eigenvalue weighted by Crippen LogP contribution is 2.27. The normalized spacial score (nSPS) is 13.5. The van der Waals surface area contributed by atoms with Crippen LogP contribution in [0.1, 0.15) is 32.4 Å². The molecular formula is C14H17ClO4. The highest BCUT2D eigenvalue weighted by molar-refractivity contribution is 6.30. The monoisotopic (exact) mass is 284 g/mol. The van der Waals surface area contributed by atoms with Crippen molar-refractivity contribution in [2.24, 2.45) is 5.92 Å². The van der Waals surface area contributed by atoms with Crippen molar-refractivity contribution in [3.05, 3.63) is 34.9 Å². The molecule has 0 saturated heterocycles. The Balaban J connectivity index is 2.84. The predicted molar refractivity (Wildman–Crippen MR) is 71.8 cm³/mol. The van der Waals surface area contributed by atoms with E-state index in [2.05, 4.69) is 0 Å². The van der Waals surface area contributed by atoms with E-state index in [0.29, 0.717) is 5.02 Å². The largest absolute Gasteiger partial charge is 0.465 e. The molecule has 0 radical (unpaired) electrons. The van der Waals surface area contributed by atoms with Crippen molar-refractivity contribution in [2.45, 2.75) is 26.9 Å². The van der Waals surface area contributed by atoms with Gasteiger partial charge in [-0.3, -0.25) is 9.59 Å². The molecule has 104 valence electrons. The Labute approximate surface area is 117 Å². The summed E-state index contributed by atoms with van der Waals surface area (Å²) in [5.41, 5.74) is 0.819. The molecule has 2 atom stereocenters. The Morgan fingerprint density at radius 3 is 2.21 bits per heavy atom. The number of carbonyl (C=O) groups is 2. The van der Waals surface area contributed by atoms with E-state index in [-0.39, 0.29) is 24.5 Å². The van der Waals surface area contributed by atoms with Crippen molar-refractivity contribution < 1.29 is 19.1 Å².